The van der Waals surface area contributed by atoms with E-state index in [0.29, 0.717) is 33.9 Å². The monoisotopic (exact) mass is 705 g/mol. The van der Waals surface area contributed by atoms with Gasteiger partial charge in [-0.15, -0.1) is 0 Å². The number of hydrogen-bond acceptors (Lipinski definition) is 4. The molecule has 13 heteroatoms. The predicted octanol–water partition coefficient (Wildman–Crippen LogP) is 7.37. The molecular weight excluding hydrogens is 674 g/mol. The standard InChI is InChI=1S/C34H32Cl2F3N3O4S/c1-2-19-40-33(44)31(20-24-11-5-3-6-12-24)41(22-25-13-9-10-16-29(25)35)32(43)23-42(47(45,46)27-14-7-4-8-15-27)26-17-18-30(36)28(21-26)34(37,38)39/h3-18,21,31H,2,19-20,22-23H2,1H3,(H,40,44). The Bertz CT molecular complexity index is 1790. The Hall–Kier alpha value is -4.06. The summed E-state index contributed by atoms with van der Waals surface area (Å²) in [6.07, 6.45) is -4.23. The van der Waals surface area contributed by atoms with Crippen LogP contribution in [0.25, 0.3) is 0 Å². The summed E-state index contributed by atoms with van der Waals surface area (Å²) in [4.78, 5) is 29.1. The Balaban J connectivity index is 1.86. The number of hydrogen-bond donors (Lipinski definition) is 1. The van der Waals surface area contributed by atoms with Gasteiger partial charge in [-0.2, -0.15) is 13.2 Å². The highest BCUT2D eigenvalue weighted by atomic mass is 35.5. The molecule has 47 heavy (non-hydrogen) atoms. The van der Waals surface area contributed by atoms with Crippen molar-refractivity contribution in [2.75, 3.05) is 17.4 Å². The highest BCUT2D eigenvalue weighted by molar-refractivity contribution is 7.92. The van der Waals surface area contributed by atoms with Crippen molar-refractivity contribution in [1.29, 1.82) is 0 Å². The minimum Gasteiger partial charge on any atom is -0.354 e. The van der Waals surface area contributed by atoms with Gasteiger partial charge in [0.15, 0.2) is 0 Å². The molecule has 248 valence electrons. The summed E-state index contributed by atoms with van der Waals surface area (Å²) in [5.74, 6) is -1.33. The number of anilines is 1. The van der Waals surface area contributed by atoms with E-state index < -0.39 is 56.9 Å². The predicted molar refractivity (Wildman–Crippen MR) is 177 cm³/mol. The highest BCUT2D eigenvalue weighted by Gasteiger charge is 2.37. The summed E-state index contributed by atoms with van der Waals surface area (Å²) in [7, 11) is -4.61. The van der Waals surface area contributed by atoms with E-state index in [0.717, 1.165) is 17.7 Å². The zero-order valence-electron chi connectivity index (χ0n) is 25.3. The molecule has 0 aliphatic carbocycles. The van der Waals surface area contributed by atoms with Crippen LogP contribution >= 0.6 is 23.2 Å². The Kier molecular flexibility index (Phi) is 11.9. The number of carbonyl (C=O) groups is 2. The number of amides is 2. The third-order valence-electron chi connectivity index (χ3n) is 7.27. The number of nitrogens with zero attached hydrogens (tertiary/aromatic N) is 2. The van der Waals surface area contributed by atoms with Gasteiger partial charge in [-0.3, -0.25) is 13.9 Å². The lowest BCUT2D eigenvalue weighted by Gasteiger charge is -2.34. The zero-order chi connectivity index (χ0) is 34.2. The van der Waals surface area contributed by atoms with E-state index in [4.69, 9.17) is 23.2 Å². The van der Waals surface area contributed by atoms with E-state index in [-0.39, 0.29) is 17.9 Å². The van der Waals surface area contributed by atoms with Crippen molar-refractivity contribution in [3.8, 4) is 0 Å². The fraction of sp³-hybridized carbons (Fsp3) is 0.235. The molecule has 0 saturated heterocycles. The van der Waals surface area contributed by atoms with Gasteiger partial charge in [0.25, 0.3) is 10.0 Å². The molecule has 0 aliphatic heterocycles. The molecule has 0 aromatic heterocycles. The van der Waals surface area contributed by atoms with Crippen LogP contribution in [-0.4, -0.2) is 44.3 Å². The fourth-order valence-electron chi connectivity index (χ4n) is 4.86. The number of alkyl halides is 3. The minimum atomic E-state index is -4.91. The van der Waals surface area contributed by atoms with Gasteiger partial charge in [-0.25, -0.2) is 8.42 Å². The number of halogens is 5. The Morgan fingerprint density at radius 3 is 2.09 bits per heavy atom. The molecule has 1 unspecified atom stereocenters. The molecule has 1 N–H and O–H groups in total. The second-order valence-electron chi connectivity index (χ2n) is 10.6. The first-order valence-corrected chi connectivity index (χ1v) is 16.8. The molecular formula is C34H32Cl2F3N3O4S. The molecule has 0 heterocycles. The molecule has 4 aromatic carbocycles. The lowest BCUT2D eigenvalue weighted by molar-refractivity contribution is -0.140. The Morgan fingerprint density at radius 1 is 0.851 bits per heavy atom. The fourth-order valence-corrected chi connectivity index (χ4v) is 6.71. The van der Waals surface area contributed by atoms with Gasteiger partial charge in [0, 0.05) is 24.5 Å². The van der Waals surface area contributed by atoms with Crippen LogP contribution in [0.5, 0.6) is 0 Å². The van der Waals surface area contributed by atoms with E-state index in [1.165, 1.54) is 29.2 Å². The van der Waals surface area contributed by atoms with Crippen LogP contribution in [0.1, 0.15) is 30.0 Å². The maximum atomic E-state index is 14.4. The SMILES string of the molecule is CCCNC(=O)C(Cc1ccccc1)N(Cc1ccccc1Cl)C(=O)CN(c1ccc(Cl)c(C(F)(F)F)c1)S(=O)(=O)c1ccccc1. The number of benzene rings is 4. The molecule has 4 rings (SSSR count). The van der Waals surface area contributed by atoms with Crippen molar-refractivity contribution in [3.05, 3.63) is 130 Å². The summed E-state index contributed by atoms with van der Waals surface area (Å²) in [5, 5.41) is 2.49. The average molecular weight is 707 g/mol. The quantitative estimate of drug-likeness (QED) is 0.157. The van der Waals surface area contributed by atoms with Crippen LogP contribution in [0, 0.1) is 0 Å². The number of carbonyl (C=O) groups excluding carboxylic acids is 2. The van der Waals surface area contributed by atoms with Crippen molar-refractivity contribution in [2.45, 2.75) is 43.4 Å². The summed E-state index contributed by atoms with van der Waals surface area (Å²) in [5.41, 5.74) is -0.507. The average Bonchev–Trinajstić information content (AvgIpc) is 3.05. The van der Waals surface area contributed by atoms with Gasteiger partial charge < -0.3 is 10.2 Å². The number of sulfonamides is 1. The van der Waals surface area contributed by atoms with Crippen LogP contribution in [0.4, 0.5) is 18.9 Å². The molecule has 0 radical (unpaired) electrons. The van der Waals surface area contributed by atoms with E-state index in [2.05, 4.69) is 5.32 Å². The Morgan fingerprint density at radius 2 is 1.47 bits per heavy atom. The summed E-state index contributed by atoms with van der Waals surface area (Å²) < 4.78 is 70.4. The van der Waals surface area contributed by atoms with Crippen LogP contribution < -0.4 is 9.62 Å². The van der Waals surface area contributed by atoms with Gasteiger partial charge in [0.1, 0.15) is 12.6 Å². The van der Waals surface area contributed by atoms with Gasteiger partial charge in [-0.05, 0) is 53.9 Å². The largest absolute Gasteiger partial charge is 0.417 e. The molecule has 0 fully saturated rings. The maximum Gasteiger partial charge on any atom is 0.417 e. The first kappa shape index (κ1) is 35.8. The van der Waals surface area contributed by atoms with Crippen molar-refractivity contribution >= 4 is 50.7 Å². The second kappa shape index (κ2) is 15.7. The van der Waals surface area contributed by atoms with Crippen molar-refractivity contribution in [1.82, 2.24) is 10.2 Å². The number of rotatable bonds is 13. The zero-order valence-corrected chi connectivity index (χ0v) is 27.6. The molecule has 1 atom stereocenters. The van der Waals surface area contributed by atoms with Gasteiger partial charge in [-0.1, -0.05) is 96.9 Å². The van der Waals surface area contributed by atoms with E-state index in [9.17, 15) is 31.2 Å². The van der Waals surface area contributed by atoms with E-state index in [1.807, 2.05) is 6.92 Å². The van der Waals surface area contributed by atoms with Gasteiger partial charge in [0.2, 0.25) is 11.8 Å². The Labute approximate surface area is 282 Å². The van der Waals surface area contributed by atoms with E-state index >= 15 is 0 Å². The van der Waals surface area contributed by atoms with Crippen molar-refractivity contribution in [2.24, 2.45) is 0 Å². The number of nitrogens with one attached hydrogen (secondary N) is 1. The molecule has 0 aliphatic rings. The molecule has 7 nitrogen and oxygen atoms in total. The van der Waals surface area contributed by atoms with E-state index in [1.54, 1.807) is 60.7 Å². The summed E-state index contributed by atoms with van der Waals surface area (Å²) in [6.45, 7) is 1.06. The van der Waals surface area contributed by atoms with Gasteiger partial charge in [0.05, 0.1) is 21.2 Å². The molecule has 4 aromatic rings. The third-order valence-corrected chi connectivity index (χ3v) is 9.76. The molecule has 0 spiro atoms. The van der Waals surface area contributed by atoms with Crippen molar-refractivity contribution in [3.63, 3.8) is 0 Å². The lowest BCUT2D eigenvalue weighted by Crippen LogP contribution is -2.53. The highest BCUT2D eigenvalue weighted by Crippen LogP contribution is 2.38. The van der Waals surface area contributed by atoms with Crippen LogP contribution in [-0.2, 0) is 38.8 Å². The smallest absolute Gasteiger partial charge is 0.354 e. The topological polar surface area (TPSA) is 86.8 Å². The normalized spacial score (nSPS) is 12.3. The second-order valence-corrected chi connectivity index (χ2v) is 13.3. The van der Waals surface area contributed by atoms with Crippen LogP contribution in [0.3, 0.4) is 0 Å². The van der Waals surface area contributed by atoms with Gasteiger partial charge >= 0.3 is 6.18 Å². The lowest BCUT2D eigenvalue weighted by atomic mass is 10.0. The third kappa shape index (κ3) is 9.06. The maximum absolute atomic E-state index is 14.4. The minimum absolute atomic E-state index is 0.0666. The molecule has 0 bridgehead atoms. The first-order valence-electron chi connectivity index (χ1n) is 14.6. The summed E-state index contributed by atoms with van der Waals surface area (Å²) >= 11 is 12.3. The summed E-state index contributed by atoms with van der Waals surface area (Å²) in [6, 6.07) is 24.1. The first-order chi connectivity index (χ1) is 22.3. The molecule has 2 amide bonds. The van der Waals surface area contributed by atoms with Crippen LogP contribution in [0.2, 0.25) is 10.0 Å². The van der Waals surface area contributed by atoms with Crippen LogP contribution in [0.15, 0.2) is 108 Å². The van der Waals surface area contributed by atoms with Crippen molar-refractivity contribution < 1.29 is 31.2 Å². The molecule has 0 saturated carbocycles.